The summed E-state index contributed by atoms with van der Waals surface area (Å²) in [5.41, 5.74) is 2.48. The van der Waals surface area contributed by atoms with Crippen molar-refractivity contribution in [2.75, 3.05) is 5.32 Å². The van der Waals surface area contributed by atoms with Crippen LogP contribution in [0.4, 0.5) is 5.13 Å². The van der Waals surface area contributed by atoms with E-state index < -0.39 is 0 Å². The van der Waals surface area contributed by atoms with Gasteiger partial charge in [-0.05, 0) is 31.2 Å². The molecular formula is C18H17N3O2S2. The molecule has 2 amide bonds. The van der Waals surface area contributed by atoms with Gasteiger partial charge in [-0.1, -0.05) is 17.7 Å². The number of carbonyl (C=O) groups excluding carboxylic acids is 2. The van der Waals surface area contributed by atoms with Crippen LogP contribution in [0.3, 0.4) is 0 Å². The number of thiazole rings is 1. The van der Waals surface area contributed by atoms with Crippen LogP contribution in [0.15, 0.2) is 41.8 Å². The Hall–Kier alpha value is -2.51. The largest absolute Gasteiger partial charge is 0.351 e. The van der Waals surface area contributed by atoms with Gasteiger partial charge < -0.3 is 5.32 Å². The highest BCUT2D eigenvalue weighted by Gasteiger charge is 2.11. The molecule has 0 saturated heterocycles. The normalized spacial score (nSPS) is 10.5. The van der Waals surface area contributed by atoms with Gasteiger partial charge in [-0.15, -0.1) is 22.7 Å². The molecule has 1 aromatic carbocycles. The number of hydrogen-bond acceptors (Lipinski definition) is 5. The SMILES string of the molecule is CC(=O)NCc1ccc(-c2csc(NC(=O)c3cccc(C)c3)n2)s1. The Bertz CT molecular complexity index is 914. The maximum Gasteiger partial charge on any atom is 0.257 e. The highest BCUT2D eigenvalue weighted by Crippen LogP contribution is 2.31. The zero-order chi connectivity index (χ0) is 17.8. The number of rotatable bonds is 5. The minimum atomic E-state index is -0.165. The Morgan fingerprint density at radius 1 is 1.20 bits per heavy atom. The van der Waals surface area contributed by atoms with Crippen molar-refractivity contribution in [1.29, 1.82) is 0 Å². The third-order valence-corrected chi connectivity index (χ3v) is 5.30. The first kappa shape index (κ1) is 17.3. The number of nitrogens with zero attached hydrogens (tertiary/aromatic N) is 1. The summed E-state index contributed by atoms with van der Waals surface area (Å²) in [6.07, 6.45) is 0. The number of amides is 2. The molecule has 0 saturated carbocycles. The third-order valence-electron chi connectivity index (χ3n) is 3.43. The van der Waals surface area contributed by atoms with Gasteiger partial charge in [0.1, 0.15) is 0 Å². The fraction of sp³-hybridized carbons (Fsp3) is 0.167. The van der Waals surface area contributed by atoms with Crippen molar-refractivity contribution in [1.82, 2.24) is 10.3 Å². The number of hydrogen-bond donors (Lipinski definition) is 2. The minimum Gasteiger partial charge on any atom is -0.351 e. The molecule has 2 aromatic heterocycles. The summed E-state index contributed by atoms with van der Waals surface area (Å²) in [5.74, 6) is -0.216. The number of nitrogens with one attached hydrogen (secondary N) is 2. The molecule has 128 valence electrons. The second-order valence-corrected chi connectivity index (χ2v) is 7.56. The smallest absolute Gasteiger partial charge is 0.257 e. The van der Waals surface area contributed by atoms with Crippen LogP contribution in [-0.4, -0.2) is 16.8 Å². The summed E-state index contributed by atoms with van der Waals surface area (Å²) in [6, 6.07) is 11.4. The number of aryl methyl sites for hydroxylation is 1. The second kappa shape index (κ2) is 7.58. The monoisotopic (exact) mass is 371 g/mol. The molecule has 0 bridgehead atoms. The average Bonchev–Trinajstić information content (AvgIpc) is 3.22. The van der Waals surface area contributed by atoms with Crippen LogP contribution < -0.4 is 10.6 Å². The Morgan fingerprint density at radius 2 is 2.04 bits per heavy atom. The number of benzene rings is 1. The summed E-state index contributed by atoms with van der Waals surface area (Å²) >= 11 is 2.97. The van der Waals surface area contributed by atoms with Gasteiger partial charge in [-0.3, -0.25) is 14.9 Å². The van der Waals surface area contributed by atoms with Gasteiger partial charge in [0.15, 0.2) is 5.13 Å². The number of thiophene rings is 1. The van der Waals surface area contributed by atoms with Gasteiger partial charge in [-0.2, -0.15) is 0 Å². The molecule has 2 N–H and O–H groups in total. The summed E-state index contributed by atoms with van der Waals surface area (Å²) in [4.78, 5) is 29.8. The Labute approximate surface area is 153 Å². The third kappa shape index (κ3) is 4.52. The van der Waals surface area contributed by atoms with E-state index in [1.54, 1.807) is 17.4 Å². The van der Waals surface area contributed by atoms with Crippen molar-refractivity contribution in [2.45, 2.75) is 20.4 Å². The molecule has 3 rings (SSSR count). The Kier molecular flexibility index (Phi) is 5.25. The van der Waals surface area contributed by atoms with E-state index in [0.29, 0.717) is 17.2 Å². The van der Waals surface area contributed by atoms with Gasteiger partial charge in [-0.25, -0.2) is 4.98 Å². The molecular weight excluding hydrogens is 354 g/mol. The van der Waals surface area contributed by atoms with E-state index >= 15 is 0 Å². The molecule has 25 heavy (non-hydrogen) atoms. The highest BCUT2D eigenvalue weighted by atomic mass is 32.1. The first-order chi connectivity index (χ1) is 12.0. The average molecular weight is 371 g/mol. The first-order valence-corrected chi connectivity index (χ1v) is 9.38. The lowest BCUT2D eigenvalue weighted by molar-refractivity contribution is -0.119. The predicted molar refractivity (Wildman–Crippen MR) is 102 cm³/mol. The fourth-order valence-corrected chi connectivity index (χ4v) is 3.91. The van der Waals surface area contributed by atoms with Crippen molar-refractivity contribution in [2.24, 2.45) is 0 Å². The molecule has 2 heterocycles. The topological polar surface area (TPSA) is 71.1 Å². The van der Waals surface area contributed by atoms with Crippen LogP contribution >= 0.6 is 22.7 Å². The number of carbonyl (C=O) groups is 2. The lowest BCUT2D eigenvalue weighted by atomic mass is 10.1. The van der Waals surface area contributed by atoms with Crippen molar-refractivity contribution in [3.05, 3.63) is 57.8 Å². The number of anilines is 1. The summed E-state index contributed by atoms with van der Waals surface area (Å²) < 4.78 is 0. The van der Waals surface area contributed by atoms with Crippen LogP contribution in [0.25, 0.3) is 10.6 Å². The van der Waals surface area contributed by atoms with Crippen LogP contribution in [0.5, 0.6) is 0 Å². The molecule has 0 spiro atoms. The molecule has 3 aromatic rings. The highest BCUT2D eigenvalue weighted by molar-refractivity contribution is 7.17. The maximum atomic E-state index is 12.3. The molecule has 0 unspecified atom stereocenters. The fourth-order valence-electron chi connectivity index (χ4n) is 2.22. The van der Waals surface area contributed by atoms with Gasteiger partial charge in [0.05, 0.1) is 17.1 Å². The van der Waals surface area contributed by atoms with Crippen LogP contribution in [0.2, 0.25) is 0 Å². The summed E-state index contributed by atoms with van der Waals surface area (Å²) in [5, 5.41) is 8.10. The molecule has 7 heteroatoms. The number of aromatic nitrogens is 1. The lowest BCUT2D eigenvalue weighted by Crippen LogP contribution is -2.17. The summed E-state index contributed by atoms with van der Waals surface area (Å²) in [7, 11) is 0. The van der Waals surface area contributed by atoms with Crippen molar-refractivity contribution < 1.29 is 9.59 Å². The molecule has 0 aliphatic rings. The van der Waals surface area contributed by atoms with E-state index in [9.17, 15) is 9.59 Å². The van der Waals surface area contributed by atoms with Crippen molar-refractivity contribution in [3.8, 4) is 10.6 Å². The van der Waals surface area contributed by atoms with Gasteiger partial charge in [0, 0.05) is 22.7 Å². The van der Waals surface area contributed by atoms with E-state index in [1.165, 1.54) is 18.3 Å². The van der Waals surface area contributed by atoms with Gasteiger partial charge in [0.25, 0.3) is 5.91 Å². The van der Waals surface area contributed by atoms with Crippen LogP contribution in [-0.2, 0) is 11.3 Å². The lowest BCUT2D eigenvalue weighted by Gasteiger charge is -2.02. The van der Waals surface area contributed by atoms with Gasteiger partial charge in [0.2, 0.25) is 5.91 Å². The molecule has 5 nitrogen and oxygen atoms in total. The van der Waals surface area contributed by atoms with Crippen LogP contribution in [0.1, 0.15) is 27.7 Å². The maximum absolute atomic E-state index is 12.3. The molecule has 0 aliphatic heterocycles. The van der Waals surface area contributed by atoms with Crippen LogP contribution in [0, 0.1) is 6.92 Å². The second-order valence-electron chi connectivity index (χ2n) is 5.54. The van der Waals surface area contributed by atoms with Crippen molar-refractivity contribution in [3.63, 3.8) is 0 Å². The van der Waals surface area contributed by atoms with E-state index in [2.05, 4.69) is 15.6 Å². The molecule has 0 radical (unpaired) electrons. The Balaban J connectivity index is 1.68. The van der Waals surface area contributed by atoms with E-state index in [4.69, 9.17) is 0 Å². The Morgan fingerprint density at radius 3 is 2.80 bits per heavy atom. The zero-order valence-electron chi connectivity index (χ0n) is 13.8. The molecule has 0 fully saturated rings. The predicted octanol–water partition coefficient (Wildman–Crippen LogP) is 4.07. The minimum absolute atomic E-state index is 0.0512. The standard InChI is InChI=1S/C18H17N3O2S2/c1-11-4-3-5-13(8-11)17(23)21-18-20-15(10-24-18)16-7-6-14(25-16)9-19-12(2)22/h3-8,10H,9H2,1-2H3,(H,19,22)(H,20,21,23). The van der Waals surface area contributed by atoms with E-state index in [1.807, 2.05) is 42.6 Å². The first-order valence-electron chi connectivity index (χ1n) is 7.68. The quantitative estimate of drug-likeness (QED) is 0.710. The van der Waals surface area contributed by atoms with E-state index in [0.717, 1.165) is 21.0 Å². The molecule has 0 aliphatic carbocycles. The van der Waals surface area contributed by atoms with Crippen molar-refractivity contribution >= 4 is 39.6 Å². The van der Waals surface area contributed by atoms with Gasteiger partial charge >= 0.3 is 0 Å². The summed E-state index contributed by atoms with van der Waals surface area (Å²) in [6.45, 7) is 3.97. The van der Waals surface area contributed by atoms with E-state index in [-0.39, 0.29) is 11.8 Å². The zero-order valence-corrected chi connectivity index (χ0v) is 15.5. The molecule has 0 atom stereocenters.